The molecule has 2 rings (SSSR count). The number of pyridine rings is 1. The van der Waals surface area contributed by atoms with Crippen LogP contribution in [0.5, 0.6) is 0 Å². The third-order valence-corrected chi connectivity index (χ3v) is 2.60. The van der Waals surface area contributed by atoms with Crippen LogP contribution in [0.25, 0.3) is 0 Å². The maximum Gasteiger partial charge on any atom is 0.244 e. The number of primary amides is 1. The molecule has 0 aliphatic heterocycles. The number of anilines is 1. The number of hydrogen-bond donors (Lipinski definition) is 2. The lowest BCUT2D eigenvalue weighted by Gasteiger charge is -2.16. The Labute approximate surface area is 110 Å². The number of carbonyl (C=O) groups excluding carboxylic acids is 1. The molecule has 0 aliphatic rings. The Morgan fingerprint density at radius 1 is 1.26 bits per heavy atom. The van der Waals surface area contributed by atoms with Gasteiger partial charge >= 0.3 is 0 Å². The fourth-order valence-electron chi connectivity index (χ4n) is 1.66. The number of aromatic nitrogens is 1. The summed E-state index contributed by atoms with van der Waals surface area (Å²) in [6, 6.07) is 13.7. The fraction of sp³-hybridized carbons (Fsp3) is 0.0714. The molecule has 5 heteroatoms. The van der Waals surface area contributed by atoms with Gasteiger partial charge in [-0.15, -0.1) is 0 Å². The molecule has 0 spiro atoms. The van der Waals surface area contributed by atoms with Crippen molar-refractivity contribution in [3.05, 3.63) is 59.8 Å². The van der Waals surface area contributed by atoms with Crippen LogP contribution in [0.15, 0.2) is 48.7 Å². The first kappa shape index (κ1) is 12.6. The van der Waals surface area contributed by atoms with Crippen LogP contribution >= 0.6 is 0 Å². The number of nitrogens with two attached hydrogens (primary N) is 1. The quantitative estimate of drug-likeness (QED) is 0.864. The number of benzene rings is 1. The van der Waals surface area contributed by atoms with Crippen LogP contribution in [0.3, 0.4) is 0 Å². The first-order chi connectivity index (χ1) is 9.20. The Morgan fingerprint density at radius 3 is 2.53 bits per heavy atom. The zero-order chi connectivity index (χ0) is 13.7. The third-order valence-electron chi connectivity index (χ3n) is 2.60. The Kier molecular flexibility index (Phi) is 3.74. The molecule has 2 aromatic rings. The Morgan fingerprint density at radius 2 is 2.00 bits per heavy atom. The molecule has 1 heterocycles. The number of nitrogens with one attached hydrogen (secondary N) is 1. The molecule has 1 amide bonds. The summed E-state index contributed by atoms with van der Waals surface area (Å²) in [5.74, 6) is 0.00372. The summed E-state index contributed by atoms with van der Waals surface area (Å²) in [4.78, 5) is 15.6. The van der Waals surface area contributed by atoms with Crippen LogP contribution < -0.4 is 11.1 Å². The summed E-state index contributed by atoms with van der Waals surface area (Å²) in [6.07, 6.45) is 1.44. The highest BCUT2D eigenvalue weighted by Crippen LogP contribution is 2.17. The lowest BCUT2D eigenvalue weighted by atomic mass is 10.1. The third kappa shape index (κ3) is 3.07. The molecule has 1 unspecified atom stereocenters. The van der Waals surface area contributed by atoms with Gasteiger partial charge in [0.25, 0.3) is 0 Å². The second kappa shape index (κ2) is 5.65. The van der Waals surface area contributed by atoms with E-state index in [1.165, 1.54) is 6.20 Å². The first-order valence-electron chi connectivity index (χ1n) is 5.67. The van der Waals surface area contributed by atoms with Crippen LogP contribution in [-0.4, -0.2) is 10.9 Å². The van der Waals surface area contributed by atoms with Gasteiger partial charge in [0.2, 0.25) is 5.91 Å². The normalized spacial score (nSPS) is 11.3. The average molecular weight is 252 g/mol. The van der Waals surface area contributed by atoms with Crippen LogP contribution in [0.2, 0.25) is 0 Å². The molecule has 3 N–H and O–H groups in total. The molecule has 19 heavy (non-hydrogen) atoms. The molecule has 0 aliphatic carbocycles. The molecule has 1 aromatic heterocycles. The van der Waals surface area contributed by atoms with Crippen LogP contribution in [-0.2, 0) is 4.79 Å². The van der Waals surface area contributed by atoms with Gasteiger partial charge in [0.1, 0.15) is 17.9 Å². The minimum absolute atomic E-state index is 0.459. The molecule has 0 fully saturated rings. The van der Waals surface area contributed by atoms with Gasteiger partial charge in [-0.25, -0.2) is 4.98 Å². The highest BCUT2D eigenvalue weighted by molar-refractivity contribution is 5.84. The lowest BCUT2D eigenvalue weighted by Crippen LogP contribution is -2.28. The smallest absolute Gasteiger partial charge is 0.244 e. The van der Waals surface area contributed by atoms with E-state index in [0.29, 0.717) is 11.4 Å². The van der Waals surface area contributed by atoms with Crippen LogP contribution in [0, 0.1) is 11.3 Å². The summed E-state index contributed by atoms with van der Waals surface area (Å²) in [7, 11) is 0. The van der Waals surface area contributed by atoms with Crippen LogP contribution in [0.1, 0.15) is 17.2 Å². The average Bonchev–Trinajstić information content (AvgIpc) is 2.46. The largest absolute Gasteiger partial charge is 0.368 e. The number of carbonyl (C=O) groups is 1. The highest BCUT2D eigenvalue weighted by Gasteiger charge is 2.17. The summed E-state index contributed by atoms with van der Waals surface area (Å²) in [5.41, 5.74) is 6.62. The van der Waals surface area contributed by atoms with E-state index in [-0.39, 0.29) is 0 Å². The zero-order valence-corrected chi connectivity index (χ0v) is 10.1. The van der Waals surface area contributed by atoms with Gasteiger partial charge in [0.05, 0.1) is 5.56 Å². The van der Waals surface area contributed by atoms with E-state index in [1.54, 1.807) is 12.1 Å². The Hall–Kier alpha value is -2.87. The van der Waals surface area contributed by atoms with E-state index in [1.807, 2.05) is 36.4 Å². The molecule has 0 saturated carbocycles. The van der Waals surface area contributed by atoms with E-state index in [0.717, 1.165) is 5.56 Å². The summed E-state index contributed by atoms with van der Waals surface area (Å²) < 4.78 is 0. The van der Waals surface area contributed by atoms with E-state index in [4.69, 9.17) is 11.0 Å². The number of nitrogens with zero attached hydrogens (tertiary/aromatic N) is 2. The lowest BCUT2D eigenvalue weighted by molar-refractivity contribution is -0.118. The van der Waals surface area contributed by atoms with Gasteiger partial charge in [-0.1, -0.05) is 30.3 Å². The second-order valence-electron chi connectivity index (χ2n) is 3.93. The van der Waals surface area contributed by atoms with Crippen molar-refractivity contribution in [3.8, 4) is 6.07 Å². The molecule has 0 bridgehead atoms. The molecule has 1 atom stereocenters. The van der Waals surface area contributed by atoms with Gasteiger partial charge in [-0.05, 0) is 17.7 Å². The zero-order valence-electron chi connectivity index (χ0n) is 10.1. The van der Waals surface area contributed by atoms with E-state index in [2.05, 4.69) is 10.3 Å². The van der Waals surface area contributed by atoms with Crippen molar-refractivity contribution in [2.75, 3.05) is 5.32 Å². The fourth-order valence-corrected chi connectivity index (χ4v) is 1.66. The Balaban J connectivity index is 2.22. The van der Waals surface area contributed by atoms with E-state index < -0.39 is 11.9 Å². The van der Waals surface area contributed by atoms with Crippen molar-refractivity contribution in [1.29, 1.82) is 5.26 Å². The van der Waals surface area contributed by atoms with Crippen molar-refractivity contribution >= 4 is 11.7 Å². The van der Waals surface area contributed by atoms with Gasteiger partial charge in [-0.2, -0.15) is 5.26 Å². The first-order valence-corrected chi connectivity index (χ1v) is 5.67. The number of nitriles is 1. The predicted octanol–water partition coefficient (Wildman–Crippen LogP) is 1.59. The van der Waals surface area contributed by atoms with Gasteiger partial charge < -0.3 is 11.1 Å². The van der Waals surface area contributed by atoms with Crippen molar-refractivity contribution in [3.63, 3.8) is 0 Å². The maximum absolute atomic E-state index is 11.5. The van der Waals surface area contributed by atoms with Crippen molar-refractivity contribution in [2.45, 2.75) is 6.04 Å². The molecule has 0 radical (unpaired) electrons. The summed E-state index contributed by atoms with van der Waals surface area (Å²) in [5, 5.41) is 11.6. The molecule has 5 nitrogen and oxygen atoms in total. The van der Waals surface area contributed by atoms with Crippen molar-refractivity contribution < 1.29 is 4.79 Å². The standard InChI is InChI=1S/C14H12N4O/c15-8-10-6-7-12(17-9-10)18-13(14(16)19)11-4-2-1-3-5-11/h1-7,9,13H,(H2,16,19)(H,17,18). The predicted molar refractivity (Wildman–Crippen MR) is 71.0 cm³/mol. The molecular formula is C14H12N4O. The topological polar surface area (TPSA) is 91.8 Å². The van der Waals surface area contributed by atoms with E-state index >= 15 is 0 Å². The summed E-state index contributed by atoms with van der Waals surface area (Å²) >= 11 is 0. The van der Waals surface area contributed by atoms with Gasteiger partial charge in [0, 0.05) is 6.20 Å². The maximum atomic E-state index is 11.5. The van der Waals surface area contributed by atoms with Gasteiger partial charge in [0.15, 0.2) is 0 Å². The van der Waals surface area contributed by atoms with Crippen LogP contribution in [0.4, 0.5) is 5.82 Å². The SMILES string of the molecule is N#Cc1ccc(NC(C(N)=O)c2ccccc2)nc1. The number of amides is 1. The molecular weight excluding hydrogens is 240 g/mol. The number of hydrogen-bond acceptors (Lipinski definition) is 4. The van der Waals surface area contributed by atoms with Crippen molar-refractivity contribution in [2.24, 2.45) is 5.73 Å². The molecule has 0 saturated heterocycles. The Bertz CT molecular complexity index is 602. The number of rotatable bonds is 4. The minimum Gasteiger partial charge on any atom is -0.368 e. The summed E-state index contributed by atoms with van der Waals surface area (Å²) in [6.45, 7) is 0. The van der Waals surface area contributed by atoms with Crippen molar-refractivity contribution in [1.82, 2.24) is 4.98 Å². The van der Waals surface area contributed by atoms with E-state index in [9.17, 15) is 4.79 Å². The monoisotopic (exact) mass is 252 g/mol. The van der Waals surface area contributed by atoms with Gasteiger partial charge in [-0.3, -0.25) is 4.79 Å². The molecule has 1 aromatic carbocycles. The highest BCUT2D eigenvalue weighted by atomic mass is 16.1. The second-order valence-corrected chi connectivity index (χ2v) is 3.93. The minimum atomic E-state index is -0.651. The molecule has 94 valence electrons.